The van der Waals surface area contributed by atoms with Gasteiger partial charge in [-0.25, -0.2) is 8.42 Å². The molecule has 0 spiro atoms. The topological polar surface area (TPSA) is 101 Å². The lowest BCUT2D eigenvalue weighted by molar-refractivity contribution is 0.601. The Balaban J connectivity index is 2.41. The Morgan fingerprint density at radius 3 is 2.68 bits per heavy atom. The van der Waals surface area contributed by atoms with Crippen molar-refractivity contribution in [3.05, 3.63) is 33.4 Å². The highest BCUT2D eigenvalue weighted by molar-refractivity contribution is 9.10. The lowest BCUT2D eigenvalue weighted by atomic mass is 10.4. The number of aromatic amines is 1. The van der Waals surface area contributed by atoms with E-state index in [2.05, 4.69) is 30.8 Å². The Labute approximate surface area is 123 Å². The minimum atomic E-state index is -3.84. The van der Waals surface area contributed by atoms with Crippen LogP contribution in [-0.2, 0) is 10.0 Å². The molecular formula is C10H10BrClN4O2S. The summed E-state index contributed by atoms with van der Waals surface area (Å²) >= 11 is 9.12. The quantitative estimate of drug-likeness (QED) is 0.778. The molecule has 0 saturated heterocycles. The van der Waals surface area contributed by atoms with Crippen LogP contribution in [0.2, 0.25) is 5.02 Å². The highest BCUT2D eigenvalue weighted by atomic mass is 79.9. The van der Waals surface area contributed by atoms with Gasteiger partial charge in [0.15, 0.2) is 5.82 Å². The van der Waals surface area contributed by atoms with Crippen LogP contribution in [0.3, 0.4) is 0 Å². The van der Waals surface area contributed by atoms with Crippen molar-refractivity contribution in [3.63, 3.8) is 0 Å². The van der Waals surface area contributed by atoms with Gasteiger partial charge in [-0.15, -0.1) is 0 Å². The van der Waals surface area contributed by atoms with Gasteiger partial charge in [-0.05, 0) is 25.1 Å². The number of nitrogen functional groups attached to an aromatic ring is 1. The van der Waals surface area contributed by atoms with E-state index in [0.29, 0.717) is 10.2 Å². The zero-order valence-electron chi connectivity index (χ0n) is 9.74. The van der Waals surface area contributed by atoms with Crippen LogP contribution in [0.15, 0.2) is 27.6 Å². The lowest BCUT2D eigenvalue weighted by Crippen LogP contribution is -2.14. The molecule has 2 aromatic rings. The number of hydrogen-bond donors (Lipinski definition) is 3. The average Bonchev–Trinajstić information content (AvgIpc) is 2.60. The summed E-state index contributed by atoms with van der Waals surface area (Å²) in [6.07, 6.45) is 0. The maximum absolute atomic E-state index is 12.2. The largest absolute Gasteiger partial charge is 0.394 e. The van der Waals surface area contributed by atoms with Crippen molar-refractivity contribution in [2.45, 2.75) is 11.8 Å². The molecule has 1 heterocycles. The van der Waals surface area contributed by atoms with E-state index in [1.54, 1.807) is 13.0 Å². The van der Waals surface area contributed by atoms with Gasteiger partial charge in [0.2, 0.25) is 0 Å². The molecule has 19 heavy (non-hydrogen) atoms. The normalized spacial score (nSPS) is 11.5. The Morgan fingerprint density at radius 1 is 1.47 bits per heavy atom. The first-order valence-corrected chi connectivity index (χ1v) is 7.75. The van der Waals surface area contributed by atoms with Crippen molar-refractivity contribution >= 4 is 49.1 Å². The molecule has 0 aliphatic rings. The average molecular weight is 366 g/mol. The van der Waals surface area contributed by atoms with Crippen molar-refractivity contribution in [2.24, 2.45) is 0 Å². The van der Waals surface area contributed by atoms with E-state index in [1.807, 2.05) is 0 Å². The Bertz CT molecular complexity index is 729. The summed E-state index contributed by atoms with van der Waals surface area (Å²) in [4.78, 5) is -0.0441. The second kappa shape index (κ2) is 5.03. The molecule has 1 aromatic carbocycles. The standard InChI is InChI=1S/C10H10BrClN4O2S/c1-5-9(13)10(15-14-5)16-19(17,18)8-3-2-6(11)4-7(8)12/h2-4H,13H2,1H3,(H2,14,15,16). The highest BCUT2D eigenvalue weighted by Crippen LogP contribution is 2.28. The van der Waals surface area contributed by atoms with Crippen LogP contribution < -0.4 is 10.5 Å². The summed E-state index contributed by atoms with van der Waals surface area (Å²) in [5, 5.41) is 6.48. The first-order valence-electron chi connectivity index (χ1n) is 5.09. The van der Waals surface area contributed by atoms with Crippen molar-refractivity contribution in [2.75, 3.05) is 10.5 Å². The van der Waals surface area contributed by atoms with Gasteiger partial charge in [0.05, 0.1) is 16.4 Å². The van der Waals surface area contributed by atoms with Gasteiger partial charge in [0.25, 0.3) is 10.0 Å². The lowest BCUT2D eigenvalue weighted by Gasteiger charge is -2.08. The Kier molecular flexibility index (Phi) is 3.75. The summed E-state index contributed by atoms with van der Waals surface area (Å²) in [5.41, 5.74) is 6.52. The molecule has 4 N–H and O–H groups in total. The van der Waals surface area contributed by atoms with E-state index in [4.69, 9.17) is 17.3 Å². The maximum Gasteiger partial charge on any atom is 0.264 e. The molecule has 0 fully saturated rings. The van der Waals surface area contributed by atoms with Crippen LogP contribution in [0.25, 0.3) is 0 Å². The fourth-order valence-corrected chi connectivity index (χ4v) is 3.45. The van der Waals surface area contributed by atoms with Gasteiger partial charge in [-0.2, -0.15) is 5.10 Å². The number of sulfonamides is 1. The predicted molar refractivity (Wildman–Crippen MR) is 77.7 cm³/mol. The first-order chi connectivity index (χ1) is 8.81. The molecule has 9 heteroatoms. The van der Waals surface area contributed by atoms with Crippen LogP contribution in [-0.4, -0.2) is 18.6 Å². The van der Waals surface area contributed by atoms with Crippen LogP contribution in [0.4, 0.5) is 11.5 Å². The summed E-state index contributed by atoms with van der Waals surface area (Å²) in [7, 11) is -3.84. The second-order valence-corrected chi connectivity index (χ2v) is 6.76. The molecule has 0 amide bonds. The van der Waals surface area contributed by atoms with Gasteiger partial charge < -0.3 is 5.73 Å². The summed E-state index contributed by atoms with van der Waals surface area (Å²) < 4.78 is 27.3. The number of rotatable bonds is 3. The first kappa shape index (κ1) is 14.2. The van der Waals surface area contributed by atoms with Gasteiger partial charge >= 0.3 is 0 Å². The Morgan fingerprint density at radius 2 is 2.16 bits per heavy atom. The van der Waals surface area contributed by atoms with Crippen molar-refractivity contribution < 1.29 is 8.42 Å². The number of hydrogen-bond acceptors (Lipinski definition) is 4. The molecular weight excluding hydrogens is 356 g/mol. The molecule has 0 saturated carbocycles. The van der Waals surface area contributed by atoms with E-state index in [9.17, 15) is 8.42 Å². The van der Waals surface area contributed by atoms with Gasteiger partial charge in [0, 0.05) is 4.47 Å². The molecule has 0 aliphatic heterocycles. The van der Waals surface area contributed by atoms with Crippen LogP contribution in [0.5, 0.6) is 0 Å². The third-order valence-corrected chi connectivity index (χ3v) is 4.72. The number of benzene rings is 1. The second-order valence-electron chi connectivity index (χ2n) is 3.79. The third kappa shape index (κ3) is 2.85. The molecule has 0 bridgehead atoms. The number of nitrogens with two attached hydrogens (primary N) is 1. The molecule has 0 atom stereocenters. The molecule has 0 aliphatic carbocycles. The molecule has 0 unspecified atom stereocenters. The maximum atomic E-state index is 12.2. The third-order valence-electron chi connectivity index (χ3n) is 2.41. The number of aryl methyl sites for hydroxylation is 1. The summed E-state index contributed by atoms with van der Waals surface area (Å²) in [6, 6.07) is 4.47. The number of H-pyrrole nitrogens is 1. The van der Waals surface area contributed by atoms with Crippen molar-refractivity contribution in [3.8, 4) is 0 Å². The predicted octanol–water partition coefficient (Wildman–Crippen LogP) is 2.52. The van der Waals surface area contributed by atoms with Gasteiger partial charge in [-0.1, -0.05) is 27.5 Å². The SMILES string of the molecule is Cc1[nH]nc(NS(=O)(=O)c2ccc(Br)cc2Cl)c1N. The number of aromatic nitrogens is 2. The van der Waals surface area contributed by atoms with Crippen molar-refractivity contribution in [1.29, 1.82) is 0 Å². The van der Waals surface area contributed by atoms with Gasteiger partial charge in [-0.3, -0.25) is 9.82 Å². The fraction of sp³-hybridized carbons (Fsp3) is 0.100. The van der Waals surface area contributed by atoms with E-state index in [1.165, 1.54) is 12.1 Å². The highest BCUT2D eigenvalue weighted by Gasteiger charge is 2.21. The van der Waals surface area contributed by atoms with E-state index >= 15 is 0 Å². The zero-order valence-corrected chi connectivity index (χ0v) is 12.9. The minimum Gasteiger partial charge on any atom is -0.394 e. The molecule has 6 nitrogen and oxygen atoms in total. The van der Waals surface area contributed by atoms with E-state index in [0.717, 1.165) is 0 Å². The molecule has 0 radical (unpaired) electrons. The van der Waals surface area contributed by atoms with Crippen molar-refractivity contribution in [1.82, 2.24) is 10.2 Å². The van der Waals surface area contributed by atoms with Crippen LogP contribution in [0.1, 0.15) is 5.69 Å². The number of halogens is 2. The number of nitrogens with one attached hydrogen (secondary N) is 2. The van der Waals surface area contributed by atoms with Gasteiger partial charge in [0.1, 0.15) is 4.90 Å². The molecule has 2 rings (SSSR count). The number of anilines is 2. The van der Waals surface area contributed by atoms with Crippen LogP contribution >= 0.6 is 27.5 Å². The Hall–Kier alpha value is -1.25. The number of nitrogens with zero attached hydrogens (tertiary/aromatic N) is 1. The zero-order chi connectivity index (χ0) is 14.2. The summed E-state index contributed by atoms with van der Waals surface area (Å²) in [6.45, 7) is 1.69. The fourth-order valence-electron chi connectivity index (χ4n) is 1.39. The molecule has 102 valence electrons. The summed E-state index contributed by atoms with van der Waals surface area (Å²) in [5.74, 6) is 0.0523. The smallest absolute Gasteiger partial charge is 0.264 e. The minimum absolute atomic E-state index is 0.0441. The van der Waals surface area contributed by atoms with E-state index in [-0.39, 0.29) is 21.4 Å². The van der Waals surface area contributed by atoms with Crippen LogP contribution in [0, 0.1) is 6.92 Å². The van der Waals surface area contributed by atoms with E-state index < -0.39 is 10.0 Å². The molecule has 1 aromatic heterocycles. The monoisotopic (exact) mass is 364 g/mol.